The molecule has 0 unspecified atom stereocenters. The minimum Gasteiger partial charge on any atom is -0.289 e. The van der Waals surface area contributed by atoms with Gasteiger partial charge < -0.3 is 0 Å². The molecular formula is C7H8N4O3S2. The van der Waals surface area contributed by atoms with Gasteiger partial charge in [-0.25, -0.2) is 19.4 Å². The van der Waals surface area contributed by atoms with Gasteiger partial charge in [-0.05, 0) is 6.92 Å². The van der Waals surface area contributed by atoms with E-state index in [9.17, 15) is 13.2 Å². The molecule has 1 amide bonds. The molecule has 0 atom stereocenters. The van der Waals surface area contributed by atoms with Crippen LogP contribution in [0.2, 0.25) is 0 Å². The Morgan fingerprint density at radius 2 is 2.12 bits per heavy atom. The van der Waals surface area contributed by atoms with Crippen molar-refractivity contribution in [2.75, 3.05) is 0 Å². The monoisotopic (exact) mass is 260 g/mol. The Morgan fingerprint density at radius 1 is 1.56 bits per heavy atom. The summed E-state index contributed by atoms with van der Waals surface area (Å²) in [6.45, 7) is 1.52. The van der Waals surface area contributed by atoms with Crippen molar-refractivity contribution >= 4 is 27.3 Å². The fourth-order valence-electron chi connectivity index (χ4n) is 1.14. The zero-order valence-electron chi connectivity index (χ0n) is 8.14. The third kappa shape index (κ3) is 2.05. The summed E-state index contributed by atoms with van der Waals surface area (Å²) in [5.74, 6) is 4.11. The zero-order chi connectivity index (χ0) is 12.5. The number of carbonyl (C=O) groups excluding carboxylic acids is 1. The lowest BCUT2D eigenvalue weighted by molar-refractivity contribution is 0.0954. The summed E-state index contributed by atoms with van der Waals surface area (Å²) in [5.41, 5.74) is 1.68. The number of hydrazine groups is 1. The Bertz CT molecular complexity index is 582. The third-order valence-corrected chi connectivity index (χ3v) is 3.98. The van der Waals surface area contributed by atoms with Gasteiger partial charge in [0.25, 0.3) is 5.91 Å². The Balaban J connectivity index is 3.67. The molecule has 0 aliphatic heterocycles. The Kier molecular flexibility index (Phi) is 3.30. The average molecular weight is 260 g/mol. The number of nitrogens with one attached hydrogen (secondary N) is 1. The molecule has 0 saturated carbocycles. The Hall–Kier alpha value is -1.47. The van der Waals surface area contributed by atoms with Gasteiger partial charge in [0.1, 0.15) is 15.8 Å². The topological polar surface area (TPSA) is 139 Å². The molecule has 86 valence electrons. The summed E-state index contributed by atoms with van der Waals surface area (Å²) in [7, 11) is -4.14. The van der Waals surface area contributed by atoms with Crippen LogP contribution in [0, 0.1) is 18.3 Å². The van der Waals surface area contributed by atoms with Gasteiger partial charge >= 0.3 is 0 Å². The van der Waals surface area contributed by atoms with E-state index in [0.717, 1.165) is 11.3 Å². The van der Waals surface area contributed by atoms with Crippen molar-refractivity contribution < 1.29 is 13.2 Å². The molecule has 0 fully saturated rings. The minimum atomic E-state index is -4.14. The molecule has 1 rings (SSSR count). The van der Waals surface area contributed by atoms with Crippen LogP contribution >= 0.6 is 11.3 Å². The van der Waals surface area contributed by atoms with Crippen molar-refractivity contribution in [3.63, 3.8) is 0 Å². The maximum atomic E-state index is 11.3. The Labute approximate surface area is 95.7 Å². The normalized spacial score (nSPS) is 10.9. The van der Waals surface area contributed by atoms with E-state index in [1.165, 1.54) is 6.92 Å². The highest BCUT2D eigenvalue weighted by Gasteiger charge is 2.27. The van der Waals surface area contributed by atoms with E-state index in [2.05, 4.69) is 0 Å². The van der Waals surface area contributed by atoms with Gasteiger partial charge in [0.05, 0.1) is 5.56 Å². The number of sulfonamides is 1. The van der Waals surface area contributed by atoms with Gasteiger partial charge in [-0.3, -0.25) is 10.2 Å². The van der Waals surface area contributed by atoms with Crippen LogP contribution in [0.3, 0.4) is 0 Å². The number of aryl methyl sites for hydroxylation is 1. The van der Waals surface area contributed by atoms with Crippen LogP contribution in [0.4, 0.5) is 0 Å². The lowest BCUT2D eigenvalue weighted by Gasteiger charge is -2.00. The van der Waals surface area contributed by atoms with Crippen molar-refractivity contribution in [2.45, 2.75) is 11.8 Å². The molecule has 0 bridgehead atoms. The largest absolute Gasteiger partial charge is 0.289 e. The van der Waals surface area contributed by atoms with Gasteiger partial charge in [0.2, 0.25) is 10.0 Å². The number of carbonyl (C=O) groups is 1. The van der Waals surface area contributed by atoms with Crippen LogP contribution in [0.1, 0.15) is 20.1 Å². The number of nitrogen functional groups attached to an aromatic ring is 1. The van der Waals surface area contributed by atoms with Crippen LogP contribution in [0.25, 0.3) is 0 Å². The number of nitriles is 1. The van der Waals surface area contributed by atoms with Gasteiger partial charge in [-0.1, -0.05) is 0 Å². The second-order valence-corrected chi connectivity index (χ2v) is 5.54. The fraction of sp³-hybridized carbons (Fsp3) is 0.143. The number of rotatable bonds is 2. The van der Waals surface area contributed by atoms with E-state index in [1.54, 1.807) is 11.5 Å². The number of primary sulfonamides is 1. The quantitative estimate of drug-likeness (QED) is 0.362. The first-order valence-electron chi connectivity index (χ1n) is 3.90. The molecule has 5 N–H and O–H groups in total. The van der Waals surface area contributed by atoms with E-state index in [0.29, 0.717) is 4.88 Å². The predicted octanol–water partition coefficient (Wildman–Crippen LogP) is -0.821. The molecule has 0 aliphatic carbocycles. The van der Waals surface area contributed by atoms with E-state index >= 15 is 0 Å². The predicted molar refractivity (Wildman–Crippen MR) is 56.8 cm³/mol. The molecule has 1 heterocycles. The Morgan fingerprint density at radius 3 is 2.50 bits per heavy atom. The maximum absolute atomic E-state index is 11.3. The number of nitrogens with two attached hydrogens (primary N) is 2. The summed E-state index contributed by atoms with van der Waals surface area (Å²) in [4.78, 5) is 11.0. The zero-order valence-corrected chi connectivity index (χ0v) is 9.78. The molecule has 7 nitrogen and oxygen atoms in total. The minimum absolute atomic E-state index is 0.119. The van der Waals surface area contributed by atoms with Crippen LogP contribution in [-0.4, -0.2) is 14.3 Å². The third-order valence-electron chi connectivity index (χ3n) is 1.77. The van der Waals surface area contributed by atoms with Crippen molar-refractivity contribution in [3.05, 3.63) is 15.3 Å². The number of hydrogen-bond donors (Lipinski definition) is 3. The lowest BCUT2D eigenvalue weighted by atomic mass is 10.2. The summed E-state index contributed by atoms with van der Waals surface area (Å²) < 4.78 is 22.6. The lowest BCUT2D eigenvalue weighted by Crippen LogP contribution is -2.31. The molecule has 0 radical (unpaired) electrons. The summed E-state index contributed by atoms with van der Waals surface area (Å²) in [5, 5.41) is 13.8. The summed E-state index contributed by atoms with van der Waals surface area (Å²) in [6.07, 6.45) is 0. The molecular weight excluding hydrogens is 252 g/mol. The first-order valence-corrected chi connectivity index (χ1v) is 6.26. The molecule has 1 aromatic heterocycles. The van der Waals surface area contributed by atoms with Gasteiger partial charge in [0.15, 0.2) is 0 Å². The standard InChI is InChI=1S/C7H8N4O3S2/c1-3-4(2-8)6(16(10,13)14)5(15-3)7(12)11-9/h9H2,1H3,(H,11,12)(H2,10,13,14). The number of amides is 1. The number of thiophene rings is 1. The molecule has 0 saturated heterocycles. The van der Waals surface area contributed by atoms with E-state index in [1.807, 2.05) is 0 Å². The van der Waals surface area contributed by atoms with Crippen molar-refractivity contribution in [1.29, 1.82) is 5.26 Å². The van der Waals surface area contributed by atoms with E-state index < -0.39 is 20.8 Å². The maximum Gasteiger partial charge on any atom is 0.276 e. The molecule has 16 heavy (non-hydrogen) atoms. The van der Waals surface area contributed by atoms with Gasteiger partial charge in [0, 0.05) is 4.88 Å². The molecule has 0 aliphatic rings. The van der Waals surface area contributed by atoms with Gasteiger partial charge in [-0.15, -0.1) is 11.3 Å². The van der Waals surface area contributed by atoms with E-state index in [4.69, 9.17) is 16.2 Å². The average Bonchev–Trinajstić information content (AvgIpc) is 2.53. The molecule has 0 spiro atoms. The summed E-state index contributed by atoms with van der Waals surface area (Å²) in [6, 6.07) is 1.70. The van der Waals surface area contributed by atoms with E-state index in [-0.39, 0.29) is 10.4 Å². The molecule has 1 aromatic rings. The number of hydrogen-bond acceptors (Lipinski definition) is 6. The van der Waals surface area contributed by atoms with Crippen molar-refractivity contribution in [1.82, 2.24) is 5.43 Å². The second kappa shape index (κ2) is 4.18. The first kappa shape index (κ1) is 12.6. The highest BCUT2D eigenvalue weighted by Crippen LogP contribution is 2.30. The van der Waals surface area contributed by atoms with Crippen LogP contribution in [0.15, 0.2) is 4.90 Å². The molecule has 0 aromatic carbocycles. The summed E-state index contributed by atoms with van der Waals surface area (Å²) >= 11 is 0.851. The smallest absolute Gasteiger partial charge is 0.276 e. The van der Waals surface area contributed by atoms with Crippen molar-refractivity contribution in [3.8, 4) is 6.07 Å². The highest BCUT2D eigenvalue weighted by atomic mass is 32.2. The van der Waals surface area contributed by atoms with Crippen LogP contribution in [0.5, 0.6) is 0 Å². The highest BCUT2D eigenvalue weighted by molar-refractivity contribution is 7.89. The first-order chi connectivity index (χ1) is 7.32. The number of nitrogens with zero attached hydrogens (tertiary/aromatic N) is 1. The van der Waals surface area contributed by atoms with Crippen LogP contribution in [-0.2, 0) is 10.0 Å². The SMILES string of the molecule is Cc1sc(C(=O)NN)c(S(N)(=O)=O)c1C#N. The van der Waals surface area contributed by atoms with Crippen LogP contribution < -0.4 is 16.4 Å². The van der Waals surface area contributed by atoms with Crippen molar-refractivity contribution in [2.24, 2.45) is 11.0 Å². The van der Waals surface area contributed by atoms with Gasteiger partial charge in [-0.2, -0.15) is 5.26 Å². The molecule has 9 heteroatoms. The fourth-order valence-corrected chi connectivity index (χ4v) is 3.41. The second-order valence-electron chi connectivity index (χ2n) is 2.82.